The minimum Gasteiger partial charge on any atom is -0.436 e. The molecule has 2 aromatic heterocycles. The lowest BCUT2D eigenvalue weighted by Gasteiger charge is -2.09. The SMILES string of the molecule is CCc1ccccc1NC(=O)Cn1nc2c(Oc3cc(C)cc(C)c3)nccn2c1=O. The summed E-state index contributed by atoms with van der Waals surface area (Å²) in [7, 11) is 0. The number of benzene rings is 2. The number of fused-ring (bicyclic) bond motifs is 1. The topological polar surface area (TPSA) is 90.5 Å². The average Bonchev–Trinajstić information content (AvgIpc) is 3.04. The van der Waals surface area contributed by atoms with Crippen molar-refractivity contribution >= 4 is 17.2 Å². The van der Waals surface area contributed by atoms with E-state index in [1.807, 2.05) is 63.2 Å². The zero-order valence-corrected chi connectivity index (χ0v) is 17.6. The van der Waals surface area contributed by atoms with Crippen molar-refractivity contribution in [3.63, 3.8) is 0 Å². The first kappa shape index (κ1) is 20.3. The van der Waals surface area contributed by atoms with Crippen LogP contribution in [-0.2, 0) is 17.8 Å². The molecule has 0 aliphatic carbocycles. The van der Waals surface area contributed by atoms with Gasteiger partial charge in [0.2, 0.25) is 11.6 Å². The van der Waals surface area contributed by atoms with E-state index in [0.717, 1.165) is 33.5 Å². The van der Waals surface area contributed by atoms with Crippen molar-refractivity contribution in [1.82, 2.24) is 19.2 Å². The van der Waals surface area contributed by atoms with Crippen molar-refractivity contribution < 1.29 is 9.53 Å². The van der Waals surface area contributed by atoms with Crippen LogP contribution in [0.3, 0.4) is 0 Å². The molecule has 31 heavy (non-hydrogen) atoms. The number of rotatable bonds is 6. The molecule has 8 nitrogen and oxygen atoms in total. The second kappa shape index (κ2) is 8.43. The molecule has 0 atom stereocenters. The number of hydrogen-bond acceptors (Lipinski definition) is 5. The van der Waals surface area contributed by atoms with Gasteiger partial charge in [-0.3, -0.25) is 4.79 Å². The fourth-order valence-electron chi connectivity index (χ4n) is 3.48. The molecule has 0 spiro atoms. The number of carbonyl (C=O) groups is 1. The van der Waals surface area contributed by atoms with Gasteiger partial charge in [-0.05, 0) is 55.2 Å². The number of aryl methyl sites for hydroxylation is 3. The smallest absolute Gasteiger partial charge is 0.351 e. The van der Waals surface area contributed by atoms with Crippen LogP contribution in [0.15, 0.2) is 59.7 Å². The highest BCUT2D eigenvalue weighted by molar-refractivity contribution is 5.91. The van der Waals surface area contributed by atoms with Gasteiger partial charge in [0, 0.05) is 18.1 Å². The van der Waals surface area contributed by atoms with E-state index >= 15 is 0 Å². The van der Waals surface area contributed by atoms with Crippen LogP contribution in [0.1, 0.15) is 23.6 Å². The lowest BCUT2D eigenvalue weighted by Crippen LogP contribution is -2.28. The van der Waals surface area contributed by atoms with Crippen LogP contribution in [0.5, 0.6) is 11.6 Å². The standard InChI is InChI=1S/C23H23N5O3/c1-4-17-7-5-6-8-19(17)25-20(29)14-28-23(30)27-10-9-24-22(21(27)26-28)31-18-12-15(2)11-16(3)13-18/h5-13H,4,14H2,1-3H3,(H,25,29). The van der Waals surface area contributed by atoms with E-state index in [0.29, 0.717) is 5.75 Å². The van der Waals surface area contributed by atoms with E-state index in [9.17, 15) is 9.59 Å². The molecule has 4 rings (SSSR count). The molecule has 0 radical (unpaired) electrons. The largest absolute Gasteiger partial charge is 0.436 e. The summed E-state index contributed by atoms with van der Waals surface area (Å²) in [6.45, 7) is 5.74. The highest BCUT2D eigenvalue weighted by Crippen LogP contribution is 2.24. The summed E-state index contributed by atoms with van der Waals surface area (Å²) in [5.41, 5.74) is 3.65. The van der Waals surface area contributed by atoms with E-state index in [1.54, 1.807) is 0 Å². The number of ether oxygens (including phenoxy) is 1. The molecule has 0 unspecified atom stereocenters. The monoisotopic (exact) mass is 417 g/mol. The Morgan fingerprint density at radius 1 is 1.13 bits per heavy atom. The van der Waals surface area contributed by atoms with Gasteiger partial charge >= 0.3 is 5.69 Å². The lowest BCUT2D eigenvalue weighted by atomic mass is 10.1. The summed E-state index contributed by atoms with van der Waals surface area (Å²) >= 11 is 0. The molecule has 0 aliphatic heterocycles. The maximum Gasteiger partial charge on any atom is 0.351 e. The first-order valence-electron chi connectivity index (χ1n) is 10.0. The number of aromatic nitrogens is 4. The molecular weight excluding hydrogens is 394 g/mol. The van der Waals surface area contributed by atoms with Crippen LogP contribution >= 0.6 is 0 Å². The Hall–Kier alpha value is -3.94. The molecule has 8 heteroatoms. The third-order valence-corrected chi connectivity index (χ3v) is 4.84. The highest BCUT2D eigenvalue weighted by atomic mass is 16.5. The van der Waals surface area contributed by atoms with Crippen LogP contribution in [-0.4, -0.2) is 25.1 Å². The van der Waals surface area contributed by atoms with Gasteiger partial charge in [0.15, 0.2) is 0 Å². The summed E-state index contributed by atoms with van der Waals surface area (Å²) in [5, 5.41) is 7.15. The molecule has 158 valence electrons. The molecule has 4 aromatic rings. The summed E-state index contributed by atoms with van der Waals surface area (Å²) in [5.74, 6) is 0.463. The van der Waals surface area contributed by atoms with Gasteiger partial charge in [0.1, 0.15) is 12.3 Å². The first-order valence-corrected chi connectivity index (χ1v) is 10.0. The summed E-state index contributed by atoms with van der Waals surface area (Å²) < 4.78 is 8.33. The number of para-hydroxylation sites is 1. The van der Waals surface area contributed by atoms with Gasteiger partial charge in [-0.1, -0.05) is 31.2 Å². The second-order valence-electron chi connectivity index (χ2n) is 7.35. The van der Waals surface area contributed by atoms with Crippen molar-refractivity contribution in [2.75, 3.05) is 5.32 Å². The Bertz CT molecular complexity index is 1300. The number of carbonyl (C=O) groups excluding carboxylic acids is 1. The summed E-state index contributed by atoms with van der Waals surface area (Å²) in [6.07, 6.45) is 3.76. The number of nitrogens with one attached hydrogen (secondary N) is 1. The molecule has 2 aromatic carbocycles. The Kier molecular flexibility index (Phi) is 5.53. The predicted octanol–water partition coefficient (Wildman–Crippen LogP) is 3.50. The minimum atomic E-state index is -0.443. The molecule has 0 saturated heterocycles. The van der Waals surface area contributed by atoms with Crippen LogP contribution in [0.25, 0.3) is 5.65 Å². The molecule has 2 heterocycles. The Morgan fingerprint density at radius 3 is 2.61 bits per heavy atom. The van der Waals surface area contributed by atoms with Crippen LogP contribution in [0.2, 0.25) is 0 Å². The van der Waals surface area contributed by atoms with Gasteiger partial charge in [0.05, 0.1) is 0 Å². The lowest BCUT2D eigenvalue weighted by molar-refractivity contribution is -0.117. The number of amides is 1. The van der Waals surface area contributed by atoms with Gasteiger partial charge < -0.3 is 10.1 Å². The molecule has 0 aliphatic rings. The molecular formula is C23H23N5O3. The van der Waals surface area contributed by atoms with Gasteiger partial charge in [-0.2, -0.15) is 0 Å². The second-order valence-corrected chi connectivity index (χ2v) is 7.35. The normalized spacial score (nSPS) is 10.9. The van der Waals surface area contributed by atoms with Gasteiger partial charge in [-0.25, -0.2) is 18.9 Å². The Morgan fingerprint density at radius 2 is 1.87 bits per heavy atom. The molecule has 0 saturated carbocycles. The fourth-order valence-corrected chi connectivity index (χ4v) is 3.48. The molecule has 1 N–H and O–H groups in total. The average molecular weight is 417 g/mol. The maximum atomic E-state index is 12.8. The van der Waals surface area contributed by atoms with Crippen molar-refractivity contribution in [2.45, 2.75) is 33.7 Å². The van der Waals surface area contributed by atoms with Crippen molar-refractivity contribution in [1.29, 1.82) is 0 Å². The molecule has 0 bridgehead atoms. The molecule has 0 fully saturated rings. The van der Waals surface area contributed by atoms with Crippen molar-refractivity contribution in [3.05, 3.63) is 82.0 Å². The Balaban J connectivity index is 1.61. The predicted molar refractivity (Wildman–Crippen MR) is 118 cm³/mol. The summed E-state index contributed by atoms with van der Waals surface area (Å²) in [6, 6.07) is 13.4. The van der Waals surface area contributed by atoms with E-state index < -0.39 is 5.69 Å². The fraction of sp³-hybridized carbons (Fsp3) is 0.217. The number of hydrogen-bond donors (Lipinski definition) is 1. The third-order valence-electron chi connectivity index (χ3n) is 4.84. The third kappa shape index (κ3) is 4.32. The van der Waals surface area contributed by atoms with Crippen molar-refractivity contribution in [3.8, 4) is 11.6 Å². The zero-order valence-electron chi connectivity index (χ0n) is 17.6. The van der Waals surface area contributed by atoms with Crippen LogP contribution in [0.4, 0.5) is 5.69 Å². The first-order chi connectivity index (χ1) is 14.9. The zero-order chi connectivity index (χ0) is 22.0. The van der Waals surface area contributed by atoms with E-state index in [2.05, 4.69) is 15.4 Å². The summed E-state index contributed by atoms with van der Waals surface area (Å²) in [4.78, 5) is 29.5. The van der Waals surface area contributed by atoms with Crippen molar-refractivity contribution in [2.24, 2.45) is 0 Å². The van der Waals surface area contributed by atoms with E-state index in [4.69, 9.17) is 4.74 Å². The van der Waals surface area contributed by atoms with E-state index in [-0.39, 0.29) is 24.0 Å². The number of anilines is 1. The minimum absolute atomic E-state index is 0.195. The quantitative estimate of drug-likeness (QED) is 0.519. The van der Waals surface area contributed by atoms with Crippen LogP contribution < -0.4 is 15.7 Å². The van der Waals surface area contributed by atoms with Gasteiger partial charge in [-0.15, -0.1) is 5.10 Å². The maximum absolute atomic E-state index is 12.8. The van der Waals surface area contributed by atoms with Crippen LogP contribution in [0, 0.1) is 13.8 Å². The Labute approximate surface area is 179 Å². The van der Waals surface area contributed by atoms with Gasteiger partial charge in [0.25, 0.3) is 5.88 Å². The number of nitrogens with zero attached hydrogens (tertiary/aromatic N) is 4. The highest BCUT2D eigenvalue weighted by Gasteiger charge is 2.16. The van der Waals surface area contributed by atoms with E-state index in [1.165, 1.54) is 16.8 Å². The molecule has 1 amide bonds.